The fourth-order valence-electron chi connectivity index (χ4n) is 2.05. The Labute approximate surface area is 127 Å². The van der Waals surface area contributed by atoms with Gasteiger partial charge >= 0.3 is 6.03 Å². The van der Waals surface area contributed by atoms with E-state index in [-0.39, 0.29) is 0 Å². The maximum absolute atomic E-state index is 12.1. The van der Waals surface area contributed by atoms with Crippen molar-refractivity contribution in [3.05, 3.63) is 0 Å². The summed E-state index contributed by atoms with van der Waals surface area (Å²) in [4.78, 5) is 35.3. The van der Waals surface area contributed by atoms with E-state index in [0.717, 1.165) is 0 Å². The lowest BCUT2D eigenvalue weighted by atomic mass is 9.78. The minimum Gasteiger partial charge on any atom is -0.479 e. The number of carbonyl (C=O) groups excluding carboxylic acids is 3. The predicted molar refractivity (Wildman–Crippen MR) is 80.3 cm³/mol. The molecule has 1 rings (SSSR count). The summed E-state index contributed by atoms with van der Waals surface area (Å²) in [6.07, 6.45) is 1.36. The van der Waals surface area contributed by atoms with Gasteiger partial charge in [0.05, 0.1) is 6.61 Å². The molecule has 0 unspecified atom stereocenters. The lowest BCUT2D eigenvalue weighted by molar-refractivity contribution is -0.145. The zero-order chi connectivity index (χ0) is 15.2. The number of ether oxygens (including phenoxy) is 1. The van der Waals surface area contributed by atoms with Gasteiger partial charge in [-0.05, 0) is 32.0 Å². The molecule has 8 heteroatoms. The van der Waals surface area contributed by atoms with Crippen LogP contribution in [0.25, 0.3) is 0 Å². The summed E-state index contributed by atoms with van der Waals surface area (Å²) in [5.41, 5.74) is -1.20. The summed E-state index contributed by atoms with van der Waals surface area (Å²) in [5.74, 6) is -0.583. The molecule has 0 spiro atoms. The smallest absolute Gasteiger partial charge is 0.328 e. The van der Waals surface area contributed by atoms with Crippen LogP contribution in [0.2, 0.25) is 0 Å². The van der Waals surface area contributed by atoms with E-state index in [1.54, 1.807) is 0 Å². The van der Waals surface area contributed by atoms with E-state index < -0.39 is 23.3 Å². The first-order valence-corrected chi connectivity index (χ1v) is 7.82. The van der Waals surface area contributed by atoms with Crippen LogP contribution in [-0.4, -0.2) is 34.6 Å². The third-order valence-corrected chi connectivity index (χ3v) is 4.24. The van der Waals surface area contributed by atoms with E-state index in [1.807, 2.05) is 13.8 Å². The molecule has 2 N–H and O–H groups in total. The molecule has 6 nitrogen and oxygen atoms in total. The first-order chi connectivity index (χ1) is 9.46. The van der Waals surface area contributed by atoms with E-state index >= 15 is 0 Å². The molecule has 0 atom stereocenters. The maximum Gasteiger partial charge on any atom is 0.328 e. The number of thiocarbonyl (C=S) groups is 1. The number of rotatable bonds is 6. The second-order valence-corrected chi connectivity index (χ2v) is 6.05. The lowest BCUT2D eigenvalue weighted by Gasteiger charge is -2.33. The van der Waals surface area contributed by atoms with Gasteiger partial charge in [0.25, 0.3) is 0 Å². The number of imide groups is 2. The number of nitrogens with one attached hydrogen (secondary N) is 2. The fraction of sp³-hybridized carbons (Fsp3) is 0.667. The van der Waals surface area contributed by atoms with E-state index in [4.69, 9.17) is 17.0 Å². The number of hydrogen-bond acceptors (Lipinski definition) is 6. The Balaban J connectivity index is 2.71. The largest absolute Gasteiger partial charge is 0.479 e. The topological polar surface area (TPSA) is 84.5 Å². The molecule has 1 aliphatic heterocycles. The lowest BCUT2D eigenvalue weighted by Crippen LogP contribution is -2.62. The number of hydrogen-bond donors (Lipinski definition) is 2. The SMILES string of the molecule is CCCC1(CCSC(=S)OCC)C(=O)NC(=O)NC1=O. The molecule has 0 aromatic carbocycles. The van der Waals surface area contributed by atoms with Gasteiger partial charge in [-0.25, -0.2) is 4.79 Å². The van der Waals surface area contributed by atoms with E-state index in [1.165, 1.54) is 11.8 Å². The molecule has 0 aliphatic carbocycles. The van der Waals surface area contributed by atoms with Crippen molar-refractivity contribution >= 4 is 46.2 Å². The Morgan fingerprint density at radius 3 is 2.30 bits per heavy atom. The van der Waals surface area contributed by atoms with Crippen molar-refractivity contribution in [1.29, 1.82) is 0 Å². The molecule has 0 saturated carbocycles. The molecular weight excluding hydrogens is 300 g/mol. The van der Waals surface area contributed by atoms with Crippen LogP contribution in [0.15, 0.2) is 0 Å². The summed E-state index contributed by atoms with van der Waals surface area (Å²) in [7, 11) is 0. The molecule has 1 heterocycles. The summed E-state index contributed by atoms with van der Waals surface area (Å²) >= 11 is 6.27. The Bertz CT molecular complexity index is 406. The summed E-state index contributed by atoms with van der Waals surface area (Å²) in [6, 6.07) is -0.760. The second-order valence-electron chi connectivity index (χ2n) is 4.35. The standard InChI is InChI=1S/C12H18N2O4S2/c1-3-5-12(6-7-20-11(19)18-4-2)8(15)13-10(17)14-9(12)16/h3-7H2,1-2H3,(H2,13,14,15,16,17). The molecule has 1 saturated heterocycles. The van der Waals surface area contributed by atoms with Crippen LogP contribution in [0.5, 0.6) is 0 Å². The average Bonchev–Trinajstić information content (AvgIpc) is 2.36. The van der Waals surface area contributed by atoms with Crippen LogP contribution >= 0.6 is 24.0 Å². The van der Waals surface area contributed by atoms with E-state index in [0.29, 0.717) is 36.0 Å². The molecule has 0 aromatic rings. The quantitative estimate of drug-likeness (QED) is 0.571. The van der Waals surface area contributed by atoms with Gasteiger partial charge in [-0.15, -0.1) is 0 Å². The Kier molecular flexibility index (Phi) is 6.41. The van der Waals surface area contributed by atoms with Gasteiger partial charge in [-0.3, -0.25) is 20.2 Å². The molecule has 1 fully saturated rings. The summed E-state index contributed by atoms with van der Waals surface area (Å²) < 4.78 is 5.53. The average molecular weight is 318 g/mol. The van der Waals surface area contributed by atoms with Gasteiger partial charge in [-0.1, -0.05) is 25.1 Å². The molecule has 0 radical (unpaired) electrons. The van der Waals surface area contributed by atoms with E-state index in [9.17, 15) is 14.4 Å². The zero-order valence-electron chi connectivity index (χ0n) is 11.5. The fourth-order valence-corrected chi connectivity index (χ4v) is 3.24. The van der Waals surface area contributed by atoms with Crippen LogP contribution < -0.4 is 10.6 Å². The van der Waals surface area contributed by atoms with Crippen molar-refractivity contribution < 1.29 is 19.1 Å². The number of thioether (sulfide) groups is 1. The van der Waals surface area contributed by atoms with Crippen molar-refractivity contribution in [2.75, 3.05) is 12.4 Å². The third-order valence-electron chi connectivity index (χ3n) is 3.01. The molecule has 20 heavy (non-hydrogen) atoms. The zero-order valence-corrected chi connectivity index (χ0v) is 13.1. The Hall–Kier alpha value is -1.15. The molecule has 4 amide bonds. The van der Waals surface area contributed by atoms with Gasteiger partial charge in [0, 0.05) is 5.75 Å². The van der Waals surface area contributed by atoms with Crippen LogP contribution in [0.4, 0.5) is 4.79 Å². The minimum atomic E-state index is -1.20. The Morgan fingerprint density at radius 2 is 1.80 bits per heavy atom. The summed E-state index contributed by atoms with van der Waals surface area (Å²) in [5, 5.41) is 4.33. The highest BCUT2D eigenvalue weighted by Gasteiger charge is 2.48. The molecule has 1 aliphatic rings. The number of barbiturate groups is 1. The molecule has 0 aromatic heterocycles. The van der Waals surface area contributed by atoms with Gasteiger partial charge in [-0.2, -0.15) is 0 Å². The van der Waals surface area contributed by atoms with Crippen molar-refractivity contribution in [2.24, 2.45) is 5.41 Å². The first kappa shape index (κ1) is 16.9. The van der Waals surface area contributed by atoms with Crippen LogP contribution in [0.3, 0.4) is 0 Å². The van der Waals surface area contributed by atoms with Gasteiger partial charge in [0.2, 0.25) is 16.2 Å². The normalized spacial score (nSPS) is 17.4. The van der Waals surface area contributed by atoms with Gasteiger partial charge < -0.3 is 4.74 Å². The highest BCUT2D eigenvalue weighted by atomic mass is 32.2. The maximum atomic E-state index is 12.1. The van der Waals surface area contributed by atoms with Crippen molar-refractivity contribution in [1.82, 2.24) is 10.6 Å². The van der Waals surface area contributed by atoms with Gasteiger partial charge in [0.1, 0.15) is 5.41 Å². The second kappa shape index (κ2) is 7.58. The third kappa shape index (κ3) is 3.92. The molecular formula is C12H18N2O4S2. The molecule has 0 bridgehead atoms. The number of carbonyl (C=O) groups is 3. The highest BCUT2D eigenvalue weighted by Crippen LogP contribution is 2.32. The van der Waals surface area contributed by atoms with Crippen LogP contribution in [-0.2, 0) is 14.3 Å². The summed E-state index contributed by atoms with van der Waals surface area (Å²) in [6.45, 7) is 4.21. The monoisotopic (exact) mass is 318 g/mol. The first-order valence-electron chi connectivity index (χ1n) is 6.42. The van der Waals surface area contributed by atoms with Crippen molar-refractivity contribution in [2.45, 2.75) is 33.1 Å². The van der Waals surface area contributed by atoms with Crippen molar-refractivity contribution in [3.63, 3.8) is 0 Å². The van der Waals surface area contributed by atoms with Crippen LogP contribution in [0, 0.1) is 5.41 Å². The van der Waals surface area contributed by atoms with Gasteiger partial charge in [0.15, 0.2) is 0 Å². The van der Waals surface area contributed by atoms with Crippen molar-refractivity contribution in [3.8, 4) is 0 Å². The minimum absolute atomic E-state index is 0.309. The Morgan fingerprint density at radius 1 is 1.20 bits per heavy atom. The number of urea groups is 1. The number of amides is 4. The molecule has 112 valence electrons. The highest BCUT2D eigenvalue weighted by molar-refractivity contribution is 8.22. The predicted octanol–water partition coefficient (Wildman–Crippen LogP) is 1.58. The van der Waals surface area contributed by atoms with Crippen LogP contribution in [0.1, 0.15) is 33.1 Å². The van der Waals surface area contributed by atoms with E-state index in [2.05, 4.69) is 10.6 Å².